The van der Waals surface area contributed by atoms with E-state index >= 15 is 0 Å². The van der Waals surface area contributed by atoms with Gasteiger partial charge in [-0.05, 0) is 50.9 Å². The lowest BCUT2D eigenvalue weighted by Crippen LogP contribution is -2.46. The van der Waals surface area contributed by atoms with Crippen molar-refractivity contribution >= 4 is 14.3 Å². The molecule has 0 N–H and O–H groups in total. The topological polar surface area (TPSA) is 44.8 Å². The number of ether oxygens (including phenoxy) is 2. The second kappa shape index (κ2) is 11.3. The van der Waals surface area contributed by atoms with E-state index in [2.05, 4.69) is 52.6 Å². The zero-order valence-corrected chi connectivity index (χ0v) is 21.3. The zero-order chi connectivity index (χ0) is 23.0. The van der Waals surface area contributed by atoms with Crippen LogP contribution in [-0.2, 0) is 25.3 Å². The summed E-state index contributed by atoms with van der Waals surface area (Å²) >= 11 is 0. The predicted octanol–water partition coefficient (Wildman–Crippen LogP) is 6.52. The molecule has 0 radical (unpaired) electrons. The lowest BCUT2D eigenvalue weighted by atomic mass is 9.97. The fourth-order valence-corrected chi connectivity index (χ4v) is 3.98. The van der Waals surface area contributed by atoms with Gasteiger partial charge >= 0.3 is 5.97 Å². The van der Waals surface area contributed by atoms with Gasteiger partial charge in [0.25, 0.3) is 0 Å². The molecule has 5 heteroatoms. The SMILES string of the molecule is C=CC[C@H](C[C@@H](COC(=O)C(C)(C)C)O[Si](C)(C)C(C)(C)C)OCc1ccccc1. The Labute approximate surface area is 185 Å². The molecule has 0 spiro atoms. The fraction of sp³-hybridized carbons (Fsp3) is 0.640. The minimum absolute atomic E-state index is 0.0502. The Bertz CT molecular complexity index is 656. The van der Waals surface area contributed by atoms with E-state index in [0.29, 0.717) is 13.0 Å². The van der Waals surface area contributed by atoms with E-state index in [4.69, 9.17) is 13.9 Å². The summed E-state index contributed by atoms with van der Waals surface area (Å²) in [5.41, 5.74) is 0.596. The van der Waals surface area contributed by atoms with E-state index in [-0.39, 0.29) is 29.8 Å². The van der Waals surface area contributed by atoms with Crippen LogP contribution in [0.25, 0.3) is 0 Å². The standard InChI is InChI=1S/C25H42O4Si/c1-10-14-21(27-18-20-15-12-11-13-16-20)17-22(19-28-23(26)24(2,3)4)29-30(8,9)25(5,6)7/h10-13,15-16,21-22H,1,14,17-19H2,2-9H3/t21-,22+/m1/s1. The fourth-order valence-electron chi connectivity index (χ4n) is 2.63. The lowest BCUT2D eigenvalue weighted by molar-refractivity contribution is -0.156. The summed E-state index contributed by atoms with van der Waals surface area (Å²) in [7, 11) is -2.04. The van der Waals surface area contributed by atoms with Crippen LogP contribution < -0.4 is 0 Å². The van der Waals surface area contributed by atoms with Crippen molar-refractivity contribution in [3.63, 3.8) is 0 Å². The Balaban J connectivity index is 2.90. The first-order valence-electron chi connectivity index (χ1n) is 10.9. The number of hydrogen-bond donors (Lipinski definition) is 0. The van der Waals surface area contributed by atoms with Crippen LogP contribution >= 0.6 is 0 Å². The van der Waals surface area contributed by atoms with E-state index in [0.717, 1.165) is 12.0 Å². The van der Waals surface area contributed by atoms with Gasteiger partial charge in [0.2, 0.25) is 0 Å². The predicted molar refractivity (Wildman–Crippen MR) is 127 cm³/mol. The Hall–Kier alpha value is -1.43. The highest BCUT2D eigenvalue weighted by Gasteiger charge is 2.40. The molecule has 1 aromatic carbocycles. The maximum Gasteiger partial charge on any atom is 0.311 e. The third-order valence-corrected chi connectivity index (χ3v) is 10.1. The summed E-state index contributed by atoms with van der Waals surface area (Å²) in [4.78, 5) is 12.3. The van der Waals surface area contributed by atoms with E-state index in [1.807, 2.05) is 45.0 Å². The van der Waals surface area contributed by atoms with Crippen molar-refractivity contribution < 1.29 is 18.7 Å². The van der Waals surface area contributed by atoms with Gasteiger partial charge in [0.15, 0.2) is 8.32 Å². The van der Waals surface area contributed by atoms with Crippen LogP contribution in [0.1, 0.15) is 59.9 Å². The molecular formula is C25H42O4Si. The lowest BCUT2D eigenvalue weighted by Gasteiger charge is -2.40. The molecule has 0 amide bonds. The molecule has 2 atom stereocenters. The number of carbonyl (C=O) groups is 1. The summed E-state index contributed by atoms with van der Waals surface area (Å²) in [5, 5.41) is 0.0676. The van der Waals surface area contributed by atoms with Crippen LogP contribution in [0.15, 0.2) is 43.0 Å². The molecule has 1 aromatic rings. The average Bonchev–Trinajstić information content (AvgIpc) is 2.63. The monoisotopic (exact) mass is 434 g/mol. The Kier molecular flexibility index (Phi) is 9.99. The Morgan fingerprint density at radius 1 is 1.07 bits per heavy atom. The van der Waals surface area contributed by atoms with Crippen LogP contribution in [0, 0.1) is 5.41 Å². The highest BCUT2D eigenvalue weighted by Crippen LogP contribution is 2.38. The third-order valence-electron chi connectivity index (χ3n) is 5.56. The highest BCUT2D eigenvalue weighted by atomic mass is 28.4. The summed E-state index contributed by atoms with van der Waals surface area (Å²) in [5.74, 6) is -0.211. The molecule has 0 aromatic heterocycles. The van der Waals surface area contributed by atoms with Crippen LogP contribution in [0.5, 0.6) is 0 Å². The van der Waals surface area contributed by atoms with Gasteiger partial charge in [-0.1, -0.05) is 57.2 Å². The van der Waals surface area contributed by atoms with Crippen LogP contribution in [0.4, 0.5) is 0 Å². The quantitative estimate of drug-likeness (QED) is 0.226. The largest absolute Gasteiger partial charge is 0.463 e. The van der Waals surface area contributed by atoms with Gasteiger partial charge < -0.3 is 13.9 Å². The van der Waals surface area contributed by atoms with Gasteiger partial charge in [0, 0.05) is 6.42 Å². The van der Waals surface area contributed by atoms with Crippen LogP contribution in [0.2, 0.25) is 18.1 Å². The molecule has 0 fully saturated rings. The molecule has 0 heterocycles. The zero-order valence-electron chi connectivity index (χ0n) is 20.3. The van der Waals surface area contributed by atoms with Crippen LogP contribution in [-0.4, -0.2) is 33.1 Å². The molecule has 0 saturated heterocycles. The molecule has 0 saturated carbocycles. The second-order valence-corrected chi connectivity index (χ2v) is 15.3. The maximum atomic E-state index is 12.3. The number of rotatable bonds is 11. The normalized spacial score (nSPS) is 14.8. The van der Waals surface area contributed by atoms with Gasteiger partial charge in [0.05, 0.1) is 24.2 Å². The van der Waals surface area contributed by atoms with Crippen molar-refractivity contribution in [1.29, 1.82) is 0 Å². The molecule has 4 nitrogen and oxygen atoms in total. The van der Waals surface area contributed by atoms with Gasteiger partial charge in [-0.25, -0.2) is 0 Å². The maximum absolute atomic E-state index is 12.3. The highest BCUT2D eigenvalue weighted by molar-refractivity contribution is 6.74. The first kappa shape index (κ1) is 26.6. The third kappa shape index (κ3) is 9.15. The van der Waals surface area contributed by atoms with Crippen molar-refractivity contribution in [1.82, 2.24) is 0 Å². The average molecular weight is 435 g/mol. The first-order chi connectivity index (χ1) is 13.8. The van der Waals surface area contributed by atoms with E-state index < -0.39 is 13.7 Å². The van der Waals surface area contributed by atoms with E-state index in [1.54, 1.807) is 0 Å². The van der Waals surface area contributed by atoms with Crippen molar-refractivity contribution in [3.8, 4) is 0 Å². The molecule has 170 valence electrons. The van der Waals surface area contributed by atoms with Crippen molar-refractivity contribution in [3.05, 3.63) is 48.6 Å². The minimum atomic E-state index is -2.04. The van der Waals surface area contributed by atoms with Gasteiger partial charge in [-0.15, -0.1) is 6.58 Å². The molecule has 0 unspecified atom stereocenters. The van der Waals surface area contributed by atoms with Crippen molar-refractivity contribution in [2.45, 2.75) is 91.3 Å². The number of carbonyl (C=O) groups excluding carboxylic acids is 1. The molecule has 0 aliphatic rings. The number of esters is 1. The molecule has 0 aliphatic carbocycles. The van der Waals surface area contributed by atoms with Crippen molar-refractivity contribution in [2.75, 3.05) is 6.61 Å². The van der Waals surface area contributed by atoms with Gasteiger partial charge in [-0.2, -0.15) is 0 Å². The van der Waals surface area contributed by atoms with Crippen LogP contribution in [0.3, 0.4) is 0 Å². The van der Waals surface area contributed by atoms with Gasteiger partial charge in [0.1, 0.15) is 6.61 Å². The summed E-state index contributed by atoms with van der Waals surface area (Å²) < 4.78 is 18.5. The van der Waals surface area contributed by atoms with Crippen molar-refractivity contribution in [2.24, 2.45) is 5.41 Å². The molecule has 30 heavy (non-hydrogen) atoms. The molecule has 1 rings (SSSR count). The second-order valence-electron chi connectivity index (χ2n) is 10.5. The first-order valence-corrected chi connectivity index (χ1v) is 13.8. The Morgan fingerprint density at radius 3 is 2.17 bits per heavy atom. The Morgan fingerprint density at radius 2 is 1.67 bits per heavy atom. The summed E-state index contributed by atoms with van der Waals surface area (Å²) in [6, 6.07) is 10.1. The number of benzene rings is 1. The summed E-state index contributed by atoms with van der Waals surface area (Å²) in [6.07, 6.45) is 2.99. The molecule has 0 bridgehead atoms. The number of hydrogen-bond acceptors (Lipinski definition) is 4. The van der Waals surface area contributed by atoms with Gasteiger partial charge in [-0.3, -0.25) is 4.79 Å². The summed E-state index contributed by atoms with van der Waals surface area (Å²) in [6.45, 7) is 21.3. The van der Waals surface area contributed by atoms with E-state index in [9.17, 15) is 4.79 Å². The molecule has 0 aliphatic heterocycles. The minimum Gasteiger partial charge on any atom is -0.463 e. The smallest absolute Gasteiger partial charge is 0.311 e. The van der Waals surface area contributed by atoms with E-state index in [1.165, 1.54) is 0 Å². The molecular weight excluding hydrogens is 392 g/mol.